The summed E-state index contributed by atoms with van der Waals surface area (Å²) in [7, 11) is 0. The van der Waals surface area contributed by atoms with E-state index in [-0.39, 0.29) is 0 Å². The lowest BCUT2D eigenvalue weighted by Gasteiger charge is -2.12. The van der Waals surface area contributed by atoms with Crippen LogP contribution in [0.2, 0.25) is 0 Å². The summed E-state index contributed by atoms with van der Waals surface area (Å²) < 4.78 is 4.99. The average molecular weight is 1440 g/mol. The minimum atomic E-state index is 0.654. The van der Waals surface area contributed by atoms with Crippen molar-refractivity contribution in [3.63, 3.8) is 0 Å². The Hall–Kier alpha value is -14.2. The van der Waals surface area contributed by atoms with E-state index in [9.17, 15) is 0 Å². The van der Waals surface area contributed by atoms with Crippen LogP contribution in [0.4, 0.5) is 0 Å². The number of aromatic nitrogens is 8. The van der Waals surface area contributed by atoms with Gasteiger partial charge in [0.2, 0.25) is 0 Å². The zero-order valence-corrected chi connectivity index (χ0v) is 60.8. The van der Waals surface area contributed by atoms with Crippen LogP contribution in [0.5, 0.6) is 0 Å². The predicted molar refractivity (Wildman–Crippen MR) is 456 cm³/mol. The number of hydrogen-bond acceptors (Lipinski definition) is 10. The summed E-state index contributed by atoms with van der Waals surface area (Å²) >= 11 is 3.68. The third-order valence-corrected chi connectivity index (χ3v) is 23.1. The van der Waals surface area contributed by atoms with Gasteiger partial charge in [-0.2, -0.15) is 0 Å². The Bertz CT molecular complexity index is 6740. The van der Waals surface area contributed by atoms with Crippen molar-refractivity contribution >= 4 is 63.0 Å². The lowest BCUT2D eigenvalue weighted by atomic mass is 9.94. The first kappa shape index (κ1) is 65.4. The molecule has 0 N–H and O–H groups in total. The van der Waals surface area contributed by atoms with Gasteiger partial charge in [0.05, 0.1) is 45.6 Å². The third-order valence-electron chi connectivity index (χ3n) is 20.7. The molecule has 20 aromatic rings. The summed E-state index contributed by atoms with van der Waals surface area (Å²) in [6.07, 6.45) is 0. The zero-order chi connectivity index (χ0) is 72.9. The van der Waals surface area contributed by atoms with Crippen LogP contribution in [0, 0.1) is 0 Å². The van der Waals surface area contributed by atoms with Crippen molar-refractivity contribution in [1.82, 2.24) is 40.3 Å². The lowest BCUT2D eigenvalue weighted by Crippen LogP contribution is -1.96. The molecule has 0 fully saturated rings. The molecule has 6 heterocycles. The number of rotatable bonds is 15. The van der Waals surface area contributed by atoms with E-state index in [0.717, 1.165) is 135 Å². The maximum Gasteiger partial charge on any atom is 0.160 e. The average Bonchev–Trinajstić information content (AvgIpc) is 1.58. The van der Waals surface area contributed by atoms with Gasteiger partial charge in [0.1, 0.15) is 0 Å². The van der Waals surface area contributed by atoms with Gasteiger partial charge < -0.3 is 0 Å². The van der Waals surface area contributed by atoms with Gasteiger partial charge in [-0.25, -0.2) is 19.9 Å². The molecule has 8 nitrogen and oxygen atoms in total. The molecule has 0 saturated carbocycles. The van der Waals surface area contributed by atoms with Crippen molar-refractivity contribution in [1.29, 1.82) is 0 Å². The van der Waals surface area contributed by atoms with E-state index in [1.165, 1.54) is 62.6 Å². The minimum absolute atomic E-state index is 0.654. The molecular weight excluding hydrogens is 1380 g/mol. The monoisotopic (exact) mass is 1440 g/mol. The van der Waals surface area contributed by atoms with Gasteiger partial charge in [-0.05, 0) is 110 Å². The topological polar surface area (TPSA) is 103 Å². The summed E-state index contributed by atoms with van der Waals surface area (Å²) in [6, 6.07) is 132. The highest BCUT2D eigenvalue weighted by molar-refractivity contribution is 7.27. The van der Waals surface area contributed by atoms with Gasteiger partial charge in [0.15, 0.2) is 11.6 Å². The number of hydrogen-bond donors (Lipinski definition) is 0. The molecule has 0 radical (unpaired) electrons. The Balaban J connectivity index is 0.544. The Labute approximate surface area is 643 Å². The normalized spacial score (nSPS) is 11.5. The van der Waals surface area contributed by atoms with Crippen LogP contribution in [0.1, 0.15) is 0 Å². The van der Waals surface area contributed by atoms with Crippen LogP contribution in [0.25, 0.3) is 209 Å². The molecule has 6 aromatic heterocycles. The summed E-state index contributed by atoms with van der Waals surface area (Å²) in [4.78, 5) is 20.8. The molecule has 0 amide bonds. The second-order valence-corrected chi connectivity index (χ2v) is 29.5. The summed E-state index contributed by atoms with van der Waals surface area (Å²) in [5.74, 6) is 1.34. The van der Waals surface area contributed by atoms with E-state index < -0.39 is 0 Å². The molecular formula is C100H62N8S2. The van der Waals surface area contributed by atoms with Crippen molar-refractivity contribution in [3.8, 4) is 168 Å². The summed E-state index contributed by atoms with van der Waals surface area (Å²) in [5, 5.41) is 23.7. The van der Waals surface area contributed by atoms with Crippen LogP contribution in [0.3, 0.4) is 0 Å². The van der Waals surface area contributed by atoms with Crippen molar-refractivity contribution in [2.75, 3.05) is 0 Å². The molecule has 0 saturated heterocycles. The van der Waals surface area contributed by atoms with Gasteiger partial charge >= 0.3 is 0 Å². The number of nitrogens with zero attached hydrogens (tertiary/aromatic N) is 8. The number of fused-ring (bicyclic) bond motifs is 6. The lowest BCUT2D eigenvalue weighted by molar-refractivity contribution is 1.04. The molecule has 0 aliphatic rings. The molecule has 0 atom stereocenters. The maximum absolute atomic E-state index is 5.30. The number of thiophene rings is 2. The van der Waals surface area contributed by atoms with E-state index in [4.69, 9.17) is 30.1 Å². The van der Waals surface area contributed by atoms with E-state index >= 15 is 0 Å². The quantitative estimate of drug-likeness (QED) is 0.1000. The zero-order valence-electron chi connectivity index (χ0n) is 59.2. The molecule has 0 unspecified atom stereocenters. The maximum atomic E-state index is 5.30. The molecule has 20 rings (SSSR count). The third kappa shape index (κ3) is 12.6. The molecule has 0 aliphatic carbocycles. The van der Waals surface area contributed by atoms with Gasteiger partial charge in [-0.15, -0.1) is 43.1 Å². The predicted octanol–water partition coefficient (Wildman–Crippen LogP) is 26.6. The molecule has 14 aromatic carbocycles. The van der Waals surface area contributed by atoms with Crippen LogP contribution in [0.15, 0.2) is 376 Å². The van der Waals surface area contributed by atoms with E-state index in [1.54, 1.807) is 0 Å². The molecule has 514 valence electrons. The van der Waals surface area contributed by atoms with Crippen molar-refractivity contribution in [3.05, 3.63) is 376 Å². The van der Waals surface area contributed by atoms with Crippen LogP contribution < -0.4 is 0 Å². The highest BCUT2D eigenvalue weighted by Gasteiger charge is 2.21. The smallest absolute Gasteiger partial charge is 0.160 e. The van der Waals surface area contributed by atoms with Gasteiger partial charge in [-0.1, -0.05) is 322 Å². The second kappa shape index (κ2) is 28.3. The fourth-order valence-electron chi connectivity index (χ4n) is 15.0. The van der Waals surface area contributed by atoms with Crippen LogP contribution in [-0.4, -0.2) is 40.3 Å². The Morgan fingerprint density at radius 1 is 0.164 bits per heavy atom. The molecule has 0 spiro atoms. The van der Waals surface area contributed by atoms with Gasteiger partial charge in [0, 0.05) is 96.0 Å². The fraction of sp³-hybridized carbons (Fsp3) is 0. The fourth-order valence-corrected chi connectivity index (χ4v) is 17.5. The van der Waals surface area contributed by atoms with Gasteiger partial charge in [0.25, 0.3) is 0 Å². The highest BCUT2D eigenvalue weighted by atomic mass is 32.1. The molecule has 0 aliphatic heterocycles. The minimum Gasteiger partial charge on any atom is -0.228 e. The van der Waals surface area contributed by atoms with Crippen molar-refractivity contribution < 1.29 is 0 Å². The Kier molecular flexibility index (Phi) is 16.8. The summed E-state index contributed by atoms with van der Waals surface area (Å²) in [6.45, 7) is 0. The first-order valence-electron chi connectivity index (χ1n) is 36.7. The highest BCUT2D eigenvalue weighted by Crippen LogP contribution is 2.48. The Morgan fingerprint density at radius 2 is 0.427 bits per heavy atom. The molecule has 110 heavy (non-hydrogen) atoms. The van der Waals surface area contributed by atoms with Crippen molar-refractivity contribution in [2.45, 2.75) is 0 Å². The largest absolute Gasteiger partial charge is 0.228 e. The second-order valence-electron chi connectivity index (χ2n) is 27.4. The Morgan fingerprint density at radius 3 is 0.800 bits per heavy atom. The van der Waals surface area contributed by atoms with Crippen molar-refractivity contribution in [2.24, 2.45) is 0 Å². The van der Waals surface area contributed by atoms with Crippen LogP contribution >= 0.6 is 22.7 Å². The standard InChI is InChI=1S/C100H62N8S2/c1-5-18-68(19-6-1)85-56-57-86(106-105-85)73-46-36-66(37-47-73)81-54-52-79(95-83-28-13-15-30-93(83)109-97(81)95)64-34-44-72(45-35-64)87-58-59-88(108-107-87)78-27-17-26-77(60-78)63-32-42-74(43-33-63)92-62-91(71-24-11-4-12-25-71)103-100(104-92)76-50-40-67(41-51-76)82-55-53-80(96-84-29-14-16-31-94(84)110-98(82)96)65-38-48-75(49-39-65)99-101-89(69-20-7-2-8-21-69)61-90(102-99)70-22-9-3-10-23-70/h1-62H. The number of benzene rings is 14. The SMILES string of the molecule is c1ccc(-c2ccc(-c3ccc(-c4ccc(-c5ccc(-c6ccc(-c7cccc(-c8ccc(-c9cc(-c%10ccccc%10)nc(-c%10ccc(-c%11ccc(-c%12ccc(-c%13nc(-c%14ccccc%14)cc(-c%14ccccc%14)n%13)cc%12)c%12c%11sc%11ccccc%11%12)cc%10)n9)cc8)c7)nn6)cc5)c5c4sc4ccccc45)cc3)nn2)cc1. The van der Waals surface area contributed by atoms with E-state index in [2.05, 4.69) is 314 Å². The van der Waals surface area contributed by atoms with Gasteiger partial charge in [-0.3, -0.25) is 0 Å². The van der Waals surface area contributed by atoms with E-state index in [0.29, 0.717) is 11.6 Å². The molecule has 10 heteroatoms. The van der Waals surface area contributed by atoms with Crippen LogP contribution in [-0.2, 0) is 0 Å². The summed E-state index contributed by atoms with van der Waals surface area (Å²) in [5.41, 5.74) is 28.2. The van der Waals surface area contributed by atoms with E-state index in [1.807, 2.05) is 95.5 Å². The first-order chi connectivity index (χ1) is 54.5. The first-order valence-corrected chi connectivity index (χ1v) is 38.3. The molecule has 0 bridgehead atoms.